The quantitative estimate of drug-likeness (QED) is 0.357. The van der Waals surface area contributed by atoms with E-state index < -0.39 is 5.82 Å². The van der Waals surface area contributed by atoms with Crippen molar-refractivity contribution in [1.29, 1.82) is 0 Å². The predicted octanol–water partition coefficient (Wildman–Crippen LogP) is 4.53. The number of anilines is 2. The lowest BCUT2D eigenvalue weighted by molar-refractivity contribution is -0.126. The van der Waals surface area contributed by atoms with Crippen LogP contribution in [-0.4, -0.2) is 55.6 Å². The Morgan fingerprint density at radius 1 is 1.33 bits per heavy atom. The highest BCUT2D eigenvalue weighted by atomic mass is 35.5. The maximum absolute atomic E-state index is 13.5. The Morgan fingerprint density at radius 2 is 2.19 bits per heavy atom. The van der Waals surface area contributed by atoms with Crippen molar-refractivity contribution < 1.29 is 9.18 Å². The molecule has 0 atom stereocenters. The van der Waals surface area contributed by atoms with E-state index in [0.29, 0.717) is 37.6 Å². The second kappa shape index (κ2) is 10.3. The summed E-state index contributed by atoms with van der Waals surface area (Å²) in [6.07, 6.45) is 7.56. The lowest BCUT2D eigenvalue weighted by Crippen LogP contribution is -2.34. The number of nitrogens with one attached hydrogen (secondary N) is 1. The number of thiophene rings is 1. The van der Waals surface area contributed by atoms with E-state index in [1.807, 2.05) is 35.8 Å². The molecule has 186 valence electrons. The molecule has 0 radical (unpaired) electrons. The number of carbonyl (C=O) groups excluding carboxylic acids is 1. The molecule has 11 heteroatoms. The van der Waals surface area contributed by atoms with E-state index in [1.165, 1.54) is 18.5 Å². The van der Waals surface area contributed by atoms with E-state index in [2.05, 4.69) is 25.3 Å². The first-order valence-electron chi connectivity index (χ1n) is 11.5. The number of hydrogen-bond acceptors (Lipinski definition) is 7. The van der Waals surface area contributed by atoms with Gasteiger partial charge in [-0.1, -0.05) is 17.7 Å². The van der Waals surface area contributed by atoms with Crippen LogP contribution < -0.4 is 5.32 Å². The number of carbonyl (C=O) groups is 1. The zero-order chi connectivity index (χ0) is 25.2. The summed E-state index contributed by atoms with van der Waals surface area (Å²) in [6, 6.07) is 6.46. The molecule has 1 aliphatic heterocycles. The molecule has 0 unspecified atom stereocenters. The summed E-state index contributed by atoms with van der Waals surface area (Å²) in [5, 5.41) is 8.42. The summed E-state index contributed by atoms with van der Waals surface area (Å²) < 4.78 is 15.4. The number of amides is 1. The Labute approximate surface area is 217 Å². The van der Waals surface area contributed by atoms with E-state index in [4.69, 9.17) is 11.6 Å². The number of nitrogens with zero attached hydrogens (tertiary/aromatic N) is 6. The van der Waals surface area contributed by atoms with E-state index in [1.54, 1.807) is 29.7 Å². The normalized spacial score (nSPS) is 13.6. The van der Waals surface area contributed by atoms with Crippen molar-refractivity contribution in [2.45, 2.75) is 19.5 Å². The van der Waals surface area contributed by atoms with Crippen LogP contribution in [-0.2, 0) is 31.4 Å². The van der Waals surface area contributed by atoms with E-state index in [9.17, 15) is 9.18 Å². The molecule has 3 aromatic heterocycles. The third-order valence-corrected chi connectivity index (χ3v) is 7.58. The standard InChI is InChI=1S/C25H25ClFN7OS/c1-32(13-17-7-9-30-33(17)2)10-3-4-22(35)34-11-8-18-21(14-34)36-25-23(18)24(28-15-29-25)31-16-5-6-20(27)19(26)12-16/h3-7,9,12,15H,8,10-11,13-14H2,1-2H3,(H,28,29,31). The summed E-state index contributed by atoms with van der Waals surface area (Å²) in [4.78, 5) is 27.7. The van der Waals surface area contributed by atoms with Gasteiger partial charge in [0.1, 0.15) is 22.8 Å². The van der Waals surface area contributed by atoms with Crippen molar-refractivity contribution in [1.82, 2.24) is 29.5 Å². The maximum atomic E-state index is 13.5. The average molecular weight is 526 g/mol. The van der Waals surface area contributed by atoms with Gasteiger partial charge in [0.2, 0.25) is 5.91 Å². The molecule has 4 aromatic rings. The number of rotatable bonds is 7. The van der Waals surface area contributed by atoms with Crippen LogP contribution in [0.3, 0.4) is 0 Å². The second-order valence-corrected chi connectivity index (χ2v) is 10.2. The minimum atomic E-state index is -0.471. The molecule has 0 spiro atoms. The second-order valence-electron chi connectivity index (χ2n) is 8.72. The Kier molecular flexibility index (Phi) is 6.99. The zero-order valence-electron chi connectivity index (χ0n) is 19.9. The van der Waals surface area contributed by atoms with Crippen LogP contribution in [0.4, 0.5) is 15.9 Å². The highest BCUT2D eigenvalue weighted by molar-refractivity contribution is 7.19. The molecule has 1 amide bonds. The summed E-state index contributed by atoms with van der Waals surface area (Å²) in [6.45, 7) is 2.57. The largest absolute Gasteiger partial charge is 0.340 e. The average Bonchev–Trinajstić information content (AvgIpc) is 3.44. The van der Waals surface area contributed by atoms with Crippen LogP contribution in [0.15, 0.2) is 48.9 Å². The molecule has 0 bridgehead atoms. The van der Waals surface area contributed by atoms with Crippen molar-refractivity contribution in [2.75, 3.05) is 25.5 Å². The van der Waals surface area contributed by atoms with Gasteiger partial charge in [0.05, 0.1) is 22.6 Å². The van der Waals surface area contributed by atoms with Gasteiger partial charge in [-0.25, -0.2) is 14.4 Å². The summed E-state index contributed by atoms with van der Waals surface area (Å²) in [5.74, 6) is 0.176. The summed E-state index contributed by atoms with van der Waals surface area (Å²) >= 11 is 7.51. The van der Waals surface area contributed by atoms with Crippen molar-refractivity contribution in [3.05, 3.63) is 75.9 Å². The van der Waals surface area contributed by atoms with Crippen LogP contribution in [0.1, 0.15) is 16.1 Å². The van der Waals surface area contributed by atoms with Gasteiger partial charge in [-0.05, 0) is 43.3 Å². The molecule has 1 aliphatic rings. The zero-order valence-corrected chi connectivity index (χ0v) is 21.5. The van der Waals surface area contributed by atoms with Gasteiger partial charge in [-0.3, -0.25) is 14.4 Å². The Morgan fingerprint density at radius 3 is 2.97 bits per heavy atom. The first-order chi connectivity index (χ1) is 17.4. The first-order valence-corrected chi connectivity index (χ1v) is 12.7. The molecular formula is C25H25ClFN7OS. The Balaban J connectivity index is 1.26. The van der Waals surface area contributed by atoms with E-state index >= 15 is 0 Å². The SMILES string of the molecule is CN(CC=CC(=O)N1CCc2c(sc3ncnc(Nc4ccc(F)c(Cl)c4)c23)C1)Cc1ccnn1C. The van der Waals surface area contributed by atoms with Crippen molar-refractivity contribution >= 4 is 50.6 Å². The minimum absolute atomic E-state index is 0.00238. The fourth-order valence-corrected chi connectivity index (χ4v) is 5.64. The van der Waals surface area contributed by atoms with Crippen molar-refractivity contribution in [3.8, 4) is 0 Å². The highest BCUT2D eigenvalue weighted by Gasteiger charge is 2.25. The van der Waals surface area contributed by atoms with Crippen LogP contribution in [0.5, 0.6) is 0 Å². The van der Waals surface area contributed by atoms with Gasteiger partial charge >= 0.3 is 0 Å². The van der Waals surface area contributed by atoms with Crippen LogP contribution in [0.25, 0.3) is 10.2 Å². The fourth-order valence-electron chi connectivity index (χ4n) is 4.26. The molecule has 1 N–H and O–H groups in total. The number of benzene rings is 1. The number of fused-ring (bicyclic) bond motifs is 3. The molecule has 0 saturated carbocycles. The lowest BCUT2D eigenvalue weighted by Gasteiger charge is -2.26. The minimum Gasteiger partial charge on any atom is -0.340 e. The molecule has 0 fully saturated rings. The Hall–Kier alpha value is -3.34. The van der Waals surface area contributed by atoms with Crippen LogP contribution >= 0.6 is 22.9 Å². The van der Waals surface area contributed by atoms with Crippen molar-refractivity contribution in [3.63, 3.8) is 0 Å². The molecule has 4 heterocycles. The molecule has 0 saturated heterocycles. The third-order valence-electron chi connectivity index (χ3n) is 6.16. The maximum Gasteiger partial charge on any atom is 0.246 e. The lowest BCUT2D eigenvalue weighted by atomic mass is 10.0. The van der Waals surface area contributed by atoms with Gasteiger partial charge in [-0.2, -0.15) is 5.10 Å². The van der Waals surface area contributed by atoms with Gasteiger partial charge in [0.25, 0.3) is 0 Å². The first kappa shape index (κ1) is 24.4. The molecule has 8 nitrogen and oxygen atoms in total. The molecule has 1 aromatic carbocycles. The number of aromatic nitrogens is 4. The van der Waals surface area contributed by atoms with Gasteiger partial charge in [0.15, 0.2) is 0 Å². The van der Waals surface area contributed by atoms with E-state index in [-0.39, 0.29) is 10.9 Å². The summed E-state index contributed by atoms with van der Waals surface area (Å²) in [7, 11) is 3.93. The van der Waals surface area contributed by atoms with Gasteiger partial charge < -0.3 is 10.2 Å². The van der Waals surface area contributed by atoms with Crippen LogP contribution in [0, 0.1) is 5.82 Å². The Bertz CT molecular complexity index is 1450. The van der Waals surface area contributed by atoms with Crippen LogP contribution in [0.2, 0.25) is 5.02 Å². The monoisotopic (exact) mass is 525 g/mol. The topological polar surface area (TPSA) is 79.2 Å². The van der Waals surface area contributed by atoms with Gasteiger partial charge in [0, 0.05) is 49.5 Å². The van der Waals surface area contributed by atoms with Crippen molar-refractivity contribution in [2.24, 2.45) is 7.05 Å². The third kappa shape index (κ3) is 5.11. The van der Waals surface area contributed by atoms with Gasteiger partial charge in [-0.15, -0.1) is 11.3 Å². The number of likely N-dealkylation sites (N-methyl/N-ethyl adjacent to an activating group) is 1. The number of hydrogen-bond donors (Lipinski definition) is 1. The number of halogens is 2. The molecular weight excluding hydrogens is 501 g/mol. The smallest absolute Gasteiger partial charge is 0.246 e. The predicted molar refractivity (Wildman–Crippen MR) is 140 cm³/mol. The molecule has 36 heavy (non-hydrogen) atoms. The van der Waals surface area contributed by atoms with E-state index in [0.717, 1.165) is 32.9 Å². The summed E-state index contributed by atoms with van der Waals surface area (Å²) in [5.41, 5.74) is 2.91. The number of aryl methyl sites for hydroxylation is 1. The fraction of sp³-hybridized carbons (Fsp3) is 0.280. The molecule has 0 aliphatic carbocycles. The molecule has 5 rings (SSSR count). The highest BCUT2D eigenvalue weighted by Crippen LogP contribution is 2.38.